The van der Waals surface area contributed by atoms with E-state index in [1.165, 1.54) is 36.4 Å². The number of benzene rings is 2. The molecular formula is C22H20ClN3O7S. The van der Waals surface area contributed by atoms with Gasteiger partial charge in [-0.25, -0.2) is 23.3 Å². The zero-order chi connectivity index (χ0) is 25.0. The molecule has 1 atom stereocenters. The van der Waals surface area contributed by atoms with E-state index in [1.54, 1.807) is 12.1 Å². The lowest BCUT2D eigenvalue weighted by Crippen LogP contribution is -2.46. The molecule has 1 heterocycles. The van der Waals surface area contributed by atoms with Crippen molar-refractivity contribution in [2.45, 2.75) is 23.8 Å². The lowest BCUT2D eigenvalue weighted by atomic mass is 10.1. The van der Waals surface area contributed by atoms with Crippen LogP contribution in [-0.2, 0) is 35.6 Å². The molecule has 1 aliphatic heterocycles. The molecular weight excluding hydrogens is 486 g/mol. The van der Waals surface area contributed by atoms with Crippen molar-refractivity contribution < 1.29 is 32.7 Å². The third kappa shape index (κ3) is 5.87. The van der Waals surface area contributed by atoms with Gasteiger partial charge in [-0.2, -0.15) is 0 Å². The van der Waals surface area contributed by atoms with Crippen LogP contribution in [0, 0.1) is 0 Å². The van der Waals surface area contributed by atoms with Crippen LogP contribution in [0.15, 0.2) is 65.6 Å². The average Bonchev–Trinajstić information content (AvgIpc) is 3.05. The molecule has 3 amide bonds. The molecule has 0 aromatic heterocycles. The Kier molecular flexibility index (Phi) is 7.50. The molecule has 0 aliphatic carbocycles. The van der Waals surface area contributed by atoms with E-state index in [2.05, 4.69) is 0 Å². The molecule has 1 fully saturated rings. The fourth-order valence-electron chi connectivity index (χ4n) is 3.50. The third-order valence-electron chi connectivity index (χ3n) is 5.11. The van der Waals surface area contributed by atoms with Crippen molar-refractivity contribution in [3.63, 3.8) is 0 Å². The number of carbonyl (C=O) groups is 4. The maximum atomic E-state index is 13.1. The molecule has 178 valence electrons. The van der Waals surface area contributed by atoms with Crippen LogP contribution in [-0.4, -0.2) is 54.7 Å². The number of rotatable bonds is 8. The summed E-state index contributed by atoms with van der Waals surface area (Å²) in [4.78, 5) is 51.4. The molecule has 2 aromatic carbocycles. The molecule has 3 N–H and O–H groups in total. The van der Waals surface area contributed by atoms with Crippen molar-refractivity contribution in [3.05, 3.63) is 71.3 Å². The Bertz CT molecular complexity index is 1280. The Hall–Kier alpha value is -3.54. The van der Waals surface area contributed by atoms with Gasteiger partial charge in [0, 0.05) is 23.7 Å². The number of nitrogens with zero attached hydrogens (tertiary/aromatic N) is 2. The van der Waals surface area contributed by atoms with E-state index in [0.29, 0.717) is 16.7 Å². The molecule has 1 aliphatic rings. The monoisotopic (exact) mass is 505 g/mol. The van der Waals surface area contributed by atoms with Crippen molar-refractivity contribution in [2.75, 3.05) is 11.4 Å². The van der Waals surface area contributed by atoms with Gasteiger partial charge in [0.15, 0.2) is 0 Å². The van der Waals surface area contributed by atoms with Gasteiger partial charge in [-0.15, -0.1) is 0 Å². The number of amides is 3. The van der Waals surface area contributed by atoms with E-state index >= 15 is 0 Å². The Morgan fingerprint density at radius 1 is 1.15 bits per heavy atom. The minimum Gasteiger partial charge on any atom is -0.478 e. The number of halogens is 1. The topological polar surface area (TPSA) is 155 Å². The highest BCUT2D eigenvalue weighted by molar-refractivity contribution is 7.89. The molecule has 3 rings (SSSR count). The number of anilines is 1. The number of carboxylic acids is 1. The second kappa shape index (κ2) is 10.2. The summed E-state index contributed by atoms with van der Waals surface area (Å²) >= 11 is 5.97. The van der Waals surface area contributed by atoms with E-state index < -0.39 is 39.8 Å². The molecule has 0 unspecified atom stereocenters. The highest BCUT2D eigenvalue weighted by atomic mass is 35.5. The summed E-state index contributed by atoms with van der Waals surface area (Å²) in [7, 11) is -3.87. The molecule has 34 heavy (non-hydrogen) atoms. The first-order valence-electron chi connectivity index (χ1n) is 9.93. The predicted molar refractivity (Wildman–Crippen MR) is 122 cm³/mol. The van der Waals surface area contributed by atoms with Gasteiger partial charge in [0.2, 0.25) is 21.8 Å². The summed E-state index contributed by atoms with van der Waals surface area (Å²) in [6.07, 6.45) is 1.37. The minimum atomic E-state index is -3.87. The molecule has 0 saturated carbocycles. The summed E-state index contributed by atoms with van der Waals surface area (Å²) in [6.45, 7) is -0.0371. The van der Waals surface area contributed by atoms with Gasteiger partial charge >= 0.3 is 5.97 Å². The predicted octanol–water partition coefficient (Wildman–Crippen LogP) is 1.33. The Morgan fingerprint density at radius 2 is 1.82 bits per heavy atom. The Labute approximate surface area is 200 Å². The van der Waals surface area contributed by atoms with Crippen LogP contribution in [0.1, 0.15) is 12.0 Å². The number of carbonyl (C=O) groups excluding carboxylic acids is 3. The second-order valence-electron chi connectivity index (χ2n) is 7.41. The third-order valence-corrected chi connectivity index (χ3v) is 6.27. The maximum Gasteiger partial charge on any atom is 0.328 e. The fourth-order valence-corrected chi connectivity index (χ4v) is 4.20. The van der Waals surface area contributed by atoms with Crippen LogP contribution in [0.2, 0.25) is 5.02 Å². The highest BCUT2D eigenvalue weighted by Crippen LogP contribution is 2.28. The zero-order valence-electron chi connectivity index (χ0n) is 17.6. The number of imide groups is 1. The van der Waals surface area contributed by atoms with Crippen LogP contribution in [0.25, 0.3) is 0 Å². The van der Waals surface area contributed by atoms with Gasteiger partial charge in [-0.3, -0.25) is 14.4 Å². The highest BCUT2D eigenvalue weighted by Gasteiger charge is 2.44. The molecule has 0 bridgehead atoms. The van der Waals surface area contributed by atoms with Crippen molar-refractivity contribution in [1.82, 2.24) is 4.90 Å². The van der Waals surface area contributed by atoms with Gasteiger partial charge < -0.3 is 10.0 Å². The first-order chi connectivity index (χ1) is 16.0. The number of carboxylic acid groups (broad SMARTS) is 1. The van der Waals surface area contributed by atoms with E-state index in [0.717, 1.165) is 15.9 Å². The van der Waals surface area contributed by atoms with Crippen LogP contribution >= 0.6 is 11.6 Å². The van der Waals surface area contributed by atoms with E-state index in [-0.39, 0.29) is 30.0 Å². The number of hydrogen-bond acceptors (Lipinski definition) is 6. The average molecular weight is 506 g/mol. The smallest absolute Gasteiger partial charge is 0.328 e. The van der Waals surface area contributed by atoms with Crippen molar-refractivity contribution in [2.24, 2.45) is 5.14 Å². The molecule has 12 heteroatoms. The van der Waals surface area contributed by atoms with Crippen molar-refractivity contribution >= 4 is 51.0 Å². The van der Waals surface area contributed by atoms with Gasteiger partial charge in [0.25, 0.3) is 5.91 Å². The summed E-state index contributed by atoms with van der Waals surface area (Å²) in [5.74, 6) is -3.28. The number of sulfonamides is 1. The standard InChI is InChI=1S/C22H20ClN3O7S/c23-15-2-1-3-16(12-15)26-20(28)13-18(22(26)31)25(19(27)8-9-21(29)30)11-10-14-4-6-17(7-5-14)34(24,32)33/h1-9,12,18H,10-11,13H2,(H,29,30)(H2,24,32,33)/b9-8+/t18-/m0/s1. The number of aliphatic carboxylic acids is 1. The van der Waals surface area contributed by atoms with Gasteiger partial charge in [0.1, 0.15) is 6.04 Å². The second-order valence-corrected chi connectivity index (χ2v) is 9.41. The van der Waals surface area contributed by atoms with E-state index in [1.807, 2.05) is 0 Å². The van der Waals surface area contributed by atoms with Crippen LogP contribution < -0.4 is 10.0 Å². The molecule has 0 radical (unpaired) electrons. The summed E-state index contributed by atoms with van der Waals surface area (Å²) in [6, 6.07) is 10.6. The molecule has 1 saturated heterocycles. The number of primary sulfonamides is 1. The lowest BCUT2D eigenvalue weighted by Gasteiger charge is -2.26. The number of hydrogen-bond donors (Lipinski definition) is 2. The first-order valence-corrected chi connectivity index (χ1v) is 11.9. The van der Waals surface area contributed by atoms with Crippen LogP contribution in [0.5, 0.6) is 0 Å². The minimum absolute atomic E-state index is 0.0371. The van der Waals surface area contributed by atoms with Crippen molar-refractivity contribution in [3.8, 4) is 0 Å². The largest absolute Gasteiger partial charge is 0.478 e. The first kappa shape index (κ1) is 25.1. The zero-order valence-corrected chi connectivity index (χ0v) is 19.2. The Morgan fingerprint density at radius 3 is 2.41 bits per heavy atom. The summed E-state index contributed by atoms with van der Waals surface area (Å²) in [5, 5.41) is 14.3. The fraction of sp³-hybridized carbons (Fsp3) is 0.182. The lowest BCUT2D eigenvalue weighted by molar-refractivity contribution is -0.135. The van der Waals surface area contributed by atoms with Crippen LogP contribution in [0.3, 0.4) is 0 Å². The van der Waals surface area contributed by atoms with Gasteiger partial charge in [-0.1, -0.05) is 29.8 Å². The van der Waals surface area contributed by atoms with Gasteiger partial charge in [-0.05, 0) is 42.3 Å². The van der Waals surface area contributed by atoms with E-state index in [4.69, 9.17) is 21.8 Å². The van der Waals surface area contributed by atoms with Crippen LogP contribution in [0.4, 0.5) is 5.69 Å². The molecule has 2 aromatic rings. The molecule has 10 nitrogen and oxygen atoms in total. The summed E-state index contributed by atoms with van der Waals surface area (Å²) in [5.41, 5.74) is 0.896. The number of nitrogens with two attached hydrogens (primary N) is 1. The quantitative estimate of drug-likeness (QED) is 0.405. The summed E-state index contributed by atoms with van der Waals surface area (Å²) < 4.78 is 22.8. The van der Waals surface area contributed by atoms with Crippen molar-refractivity contribution in [1.29, 1.82) is 0 Å². The Balaban J connectivity index is 1.85. The van der Waals surface area contributed by atoms with E-state index in [9.17, 15) is 27.6 Å². The molecule has 0 spiro atoms. The maximum absolute atomic E-state index is 13.1. The van der Waals surface area contributed by atoms with Gasteiger partial charge in [0.05, 0.1) is 17.0 Å². The SMILES string of the molecule is NS(=O)(=O)c1ccc(CCN(C(=O)/C=C/C(=O)O)[C@H]2CC(=O)N(c3cccc(Cl)c3)C2=O)cc1. The normalized spacial score (nSPS) is 16.3.